The summed E-state index contributed by atoms with van der Waals surface area (Å²) in [5.41, 5.74) is 1.03. The molecule has 1 aromatic rings. The fourth-order valence-corrected chi connectivity index (χ4v) is 3.61. The van der Waals surface area contributed by atoms with Gasteiger partial charge in [-0.25, -0.2) is 4.39 Å². The molecule has 1 aliphatic rings. The normalized spacial score (nSPS) is 25.3. The zero-order valence-corrected chi connectivity index (χ0v) is 12.5. The van der Waals surface area contributed by atoms with E-state index in [1.165, 1.54) is 44.2 Å². The van der Waals surface area contributed by atoms with Crippen LogP contribution in [0.1, 0.15) is 50.6 Å². The maximum atomic E-state index is 13.1. The molecule has 0 heterocycles. The zero-order valence-electron chi connectivity index (χ0n) is 11.8. The number of rotatable bonds is 4. The Morgan fingerprint density at radius 3 is 2.53 bits per heavy atom. The molecule has 1 N–H and O–H groups in total. The minimum Gasteiger partial charge on any atom is -0.313 e. The van der Waals surface area contributed by atoms with Gasteiger partial charge in [-0.15, -0.1) is 0 Å². The summed E-state index contributed by atoms with van der Waals surface area (Å²) < 4.78 is 13.1. The Kier molecular flexibility index (Phi) is 5.23. The molecular weight excluding hydrogens is 261 g/mol. The summed E-state index contributed by atoms with van der Waals surface area (Å²) >= 11 is 6.20. The van der Waals surface area contributed by atoms with Crippen LogP contribution in [0.2, 0.25) is 5.02 Å². The number of halogens is 2. The van der Waals surface area contributed by atoms with Crippen LogP contribution in [0.15, 0.2) is 18.2 Å². The van der Waals surface area contributed by atoms with Crippen LogP contribution in [0.4, 0.5) is 4.39 Å². The van der Waals surface area contributed by atoms with Gasteiger partial charge in [0, 0.05) is 11.1 Å². The molecule has 0 aromatic heterocycles. The van der Waals surface area contributed by atoms with E-state index in [1.54, 1.807) is 0 Å². The predicted molar refractivity (Wildman–Crippen MR) is 78.9 cm³/mol. The fraction of sp³-hybridized carbons (Fsp3) is 0.625. The lowest BCUT2D eigenvalue weighted by atomic mass is 9.76. The van der Waals surface area contributed by atoms with Crippen LogP contribution in [0.3, 0.4) is 0 Å². The van der Waals surface area contributed by atoms with Gasteiger partial charge in [0.05, 0.1) is 0 Å². The Labute approximate surface area is 120 Å². The lowest BCUT2D eigenvalue weighted by Gasteiger charge is -2.34. The lowest BCUT2D eigenvalue weighted by molar-refractivity contribution is 0.224. The maximum Gasteiger partial charge on any atom is 0.124 e. The van der Waals surface area contributed by atoms with E-state index in [9.17, 15) is 4.39 Å². The first-order valence-electron chi connectivity index (χ1n) is 7.28. The molecule has 0 aliphatic heterocycles. The topological polar surface area (TPSA) is 12.0 Å². The van der Waals surface area contributed by atoms with Crippen molar-refractivity contribution in [3.8, 4) is 0 Å². The number of hydrogen-bond donors (Lipinski definition) is 1. The molecule has 106 valence electrons. The molecule has 1 saturated carbocycles. The van der Waals surface area contributed by atoms with Crippen LogP contribution in [-0.4, -0.2) is 7.05 Å². The highest BCUT2D eigenvalue weighted by atomic mass is 35.5. The molecule has 19 heavy (non-hydrogen) atoms. The van der Waals surface area contributed by atoms with Gasteiger partial charge in [0.2, 0.25) is 0 Å². The molecular formula is C16H23ClFN. The van der Waals surface area contributed by atoms with Crippen molar-refractivity contribution < 1.29 is 4.39 Å². The van der Waals surface area contributed by atoms with Gasteiger partial charge in [-0.3, -0.25) is 0 Å². The Hall–Kier alpha value is -0.600. The van der Waals surface area contributed by atoms with Gasteiger partial charge >= 0.3 is 0 Å². The summed E-state index contributed by atoms with van der Waals surface area (Å²) in [7, 11) is 1.97. The number of benzene rings is 1. The van der Waals surface area contributed by atoms with E-state index >= 15 is 0 Å². The summed E-state index contributed by atoms with van der Waals surface area (Å²) in [6, 6.07) is 4.98. The third-order valence-electron chi connectivity index (χ3n) is 4.55. The van der Waals surface area contributed by atoms with E-state index < -0.39 is 0 Å². The lowest BCUT2D eigenvalue weighted by Crippen LogP contribution is -2.29. The summed E-state index contributed by atoms with van der Waals surface area (Å²) in [6.07, 6.45) is 6.36. The molecule has 3 heteroatoms. The van der Waals surface area contributed by atoms with Crippen molar-refractivity contribution in [2.24, 2.45) is 11.8 Å². The van der Waals surface area contributed by atoms with Gasteiger partial charge in [0.1, 0.15) is 5.82 Å². The molecule has 2 rings (SSSR count). The van der Waals surface area contributed by atoms with Crippen LogP contribution in [0.25, 0.3) is 0 Å². The third-order valence-corrected chi connectivity index (χ3v) is 4.88. The quantitative estimate of drug-likeness (QED) is 0.824. The number of hydrogen-bond acceptors (Lipinski definition) is 1. The van der Waals surface area contributed by atoms with E-state index in [1.807, 2.05) is 13.1 Å². The van der Waals surface area contributed by atoms with Gasteiger partial charge in [0.25, 0.3) is 0 Å². The molecule has 1 aromatic carbocycles. The van der Waals surface area contributed by atoms with E-state index in [0.29, 0.717) is 10.9 Å². The second-order valence-corrected chi connectivity index (χ2v) is 6.03. The molecule has 1 unspecified atom stereocenters. The standard InChI is InChI=1S/C16H23ClFN/c1-3-11-4-6-12(7-5-11)16(19-2)14-9-8-13(18)10-15(14)17/h8-12,16,19H,3-7H2,1-2H3. The molecule has 0 bridgehead atoms. The average molecular weight is 284 g/mol. The predicted octanol–water partition coefficient (Wildman–Crippen LogP) is 4.96. The highest BCUT2D eigenvalue weighted by molar-refractivity contribution is 6.31. The van der Waals surface area contributed by atoms with Gasteiger partial charge in [-0.1, -0.05) is 43.9 Å². The van der Waals surface area contributed by atoms with E-state index in [4.69, 9.17) is 11.6 Å². The van der Waals surface area contributed by atoms with Crippen molar-refractivity contribution in [1.82, 2.24) is 5.32 Å². The summed E-state index contributed by atoms with van der Waals surface area (Å²) in [4.78, 5) is 0. The molecule has 1 fully saturated rings. The SMILES string of the molecule is CCC1CCC(C(NC)c2ccc(F)cc2Cl)CC1. The average Bonchev–Trinajstić information content (AvgIpc) is 2.42. The van der Waals surface area contributed by atoms with Crippen molar-refractivity contribution in [2.45, 2.75) is 45.1 Å². The third kappa shape index (κ3) is 3.49. The fourth-order valence-electron chi connectivity index (χ4n) is 3.33. The number of nitrogens with one attached hydrogen (secondary N) is 1. The largest absolute Gasteiger partial charge is 0.313 e. The highest BCUT2D eigenvalue weighted by Gasteiger charge is 2.28. The van der Waals surface area contributed by atoms with Crippen molar-refractivity contribution in [3.63, 3.8) is 0 Å². The first-order chi connectivity index (χ1) is 9.15. The van der Waals surface area contributed by atoms with Crippen molar-refractivity contribution >= 4 is 11.6 Å². The summed E-state index contributed by atoms with van der Waals surface area (Å²) in [5.74, 6) is 1.23. The van der Waals surface area contributed by atoms with E-state index in [-0.39, 0.29) is 11.9 Å². The minimum absolute atomic E-state index is 0.242. The van der Waals surface area contributed by atoms with Gasteiger partial charge in [-0.05, 0) is 49.4 Å². The molecule has 0 amide bonds. The molecule has 1 atom stereocenters. The van der Waals surface area contributed by atoms with Crippen molar-refractivity contribution in [1.29, 1.82) is 0 Å². The van der Waals surface area contributed by atoms with Crippen LogP contribution in [-0.2, 0) is 0 Å². The smallest absolute Gasteiger partial charge is 0.124 e. The first-order valence-corrected chi connectivity index (χ1v) is 7.65. The monoisotopic (exact) mass is 283 g/mol. The Morgan fingerprint density at radius 1 is 1.32 bits per heavy atom. The minimum atomic E-state index is -0.265. The van der Waals surface area contributed by atoms with Crippen molar-refractivity contribution in [2.75, 3.05) is 7.05 Å². The zero-order chi connectivity index (χ0) is 13.8. The molecule has 0 radical (unpaired) electrons. The maximum absolute atomic E-state index is 13.1. The Bertz CT molecular complexity index is 413. The molecule has 0 spiro atoms. The second kappa shape index (κ2) is 6.71. The second-order valence-electron chi connectivity index (χ2n) is 5.62. The van der Waals surface area contributed by atoms with E-state index in [0.717, 1.165) is 11.5 Å². The van der Waals surface area contributed by atoms with E-state index in [2.05, 4.69) is 12.2 Å². The Balaban J connectivity index is 2.12. The summed E-state index contributed by atoms with van der Waals surface area (Å²) in [5, 5.41) is 3.91. The Morgan fingerprint density at radius 2 is 2.00 bits per heavy atom. The van der Waals surface area contributed by atoms with Crippen LogP contribution >= 0.6 is 11.6 Å². The molecule has 1 nitrogen and oxygen atoms in total. The molecule has 1 aliphatic carbocycles. The van der Waals surface area contributed by atoms with Gasteiger partial charge < -0.3 is 5.32 Å². The van der Waals surface area contributed by atoms with Gasteiger partial charge in [0.15, 0.2) is 0 Å². The van der Waals surface area contributed by atoms with Gasteiger partial charge in [-0.2, -0.15) is 0 Å². The van der Waals surface area contributed by atoms with Crippen molar-refractivity contribution in [3.05, 3.63) is 34.6 Å². The van der Waals surface area contributed by atoms with Crippen LogP contribution < -0.4 is 5.32 Å². The summed E-state index contributed by atoms with van der Waals surface area (Å²) in [6.45, 7) is 2.28. The van der Waals surface area contributed by atoms with Crippen LogP contribution in [0, 0.1) is 17.7 Å². The van der Waals surface area contributed by atoms with Crippen LogP contribution in [0.5, 0.6) is 0 Å². The molecule has 0 saturated heterocycles. The highest BCUT2D eigenvalue weighted by Crippen LogP contribution is 2.39. The first kappa shape index (κ1) is 14.8.